The summed E-state index contributed by atoms with van der Waals surface area (Å²) in [5.41, 5.74) is 0. The Morgan fingerprint density at radius 3 is 2.18 bits per heavy atom. The quantitative estimate of drug-likeness (QED) is 0.248. The van der Waals surface area contributed by atoms with Gasteiger partial charge in [0.1, 0.15) is 0 Å². The first-order valence-electron chi connectivity index (χ1n) is 9.51. The summed E-state index contributed by atoms with van der Waals surface area (Å²) in [5, 5.41) is 3.01. The Balaban J connectivity index is 1.86. The van der Waals surface area contributed by atoms with Gasteiger partial charge in [-0.3, -0.25) is 4.79 Å². The van der Waals surface area contributed by atoms with E-state index >= 15 is 0 Å². The van der Waals surface area contributed by atoms with E-state index < -0.39 is 8.80 Å². The Bertz CT molecular complexity index is 717. The highest BCUT2D eigenvalue weighted by Gasteiger charge is 2.39. The van der Waals surface area contributed by atoms with Crippen LogP contribution < -0.4 is 5.32 Å². The molecule has 28 heavy (non-hydrogen) atoms. The van der Waals surface area contributed by atoms with Crippen molar-refractivity contribution in [3.63, 3.8) is 0 Å². The van der Waals surface area contributed by atoms with Crippen molar-refractivity contribution in [1.82, 2.24) is 5.32 Å². The van der Waals surface area contributed by atoms with Gasteiger partial charge in [0.2, 0.25) is 0 Å². The number of thiophene rings is 2. The van der Waals surface area contributed by atoms with Crippen LogP contribution in [0.25, 0.3) is 9.75 Å². The van der Waals surface area contributed by atoms with Crippen molar-refractivity contribution >= 4 is 49.1 Å². The minimum Gasteiger partial charge on any atom is -0.374 e. The maximum atomic E-state index is 12.5. The van der Waals surface area contributed by atoms with Crippen LogP contribution in [0.5, 0.6) is 0 Å². The summed E-state index contributed by atoms with van der Waals surface area (Å²) >= 11 is 5.02. The van der Waals surface area contributed by atoms with E-state index in [0.717, 1.165) is 16.2 Å². The molecule has 0 aromatic carbocycles. The van der Waals surface area contributed by atoms with Crippen LogP contribution in [0.2, 0.25) is 6.04 Å². The van der Waals surface area contributed by atoms with Gasteiger partial charge < -0.3 is 18.6 Å². The molecular formula is C19H29NO4S3Si. The van der Waals surface area contributed by atoms with Gasteiger partial charge in [-0.1, -0.05) is 0 Å². The van der Waals surface area contributed by atoms with Crippen LogP contribution in [-0.4, -0.2) is 47.3 Å². The monoisotopic (exact) mass is 459 g/mol. The number of carbonyl (C=O) groups excluding carboxylic acids is 1. The number of amides is 1. The summed E-state index contributed by atoms with van der Waals surface area (Å²) in [4.78, 5) is 15.5. The largest absolute Gasteiger partial charge is 0.500 e. The van der Waals surface area contributed by atoms with E-state index in [1.54, 1.807) is 23.1 Å². The summed E-state index contributed by atoms with van der Waals surface area (Å²) in [6, 6.07) is 8.85. The van der Waals surface area contributed by atoms with Crippen LogP contribution in [0.15, 0.2) is 28.5 Å². The van der Waals surface area contributed by atoms with E-state index in [1.165, 1.54) is 20.4 Å². The molecule has 0 spiro atoms. The lowest BCUT2D eigenvalue weighted by atomic mass is 10.3. The average Bonchev–Trinajstić information content (AvgIpc) is 3.35. The molecule has 0 aliphatic heterocycles. The van der Waals surface area contributed by atoms with Crippen molar-refractivity contribution in [2.45, 2.75) is 37.4 Å². The number of carbonyl (C=O) groups is 1. The van der Waals surface area contributed by atoms with Crippen molar-refractivity contribution in [2.24, 2.45) is 0 Å². The summed E-state index contributed by atoms with van der Waals surface area (Å²) in [6.07, 6.45) is 2.83. The lowest BCUT2D eigenvalue weighted by Gasteiger charge is -2.28. The number of rotatable bonds is 13. The Morgan fingerprint density at radius 2 is 1.61 bits per heavy atom. The molecular weight excluding hydrogens is 430 g/mol. The third-order valence-corrected chi connectivity index (χ3v) is 10.5. The van der Waals surface area contributed by atoms with Gasteiger partial charge in [0.05, 0.1) is 9.09 Å². The molecule has 9 heteroatoms. The van der Waals surface area contributed by atoms with Crippen molar-refractivity contribution in [1.29, 1.82) is 0 Å². The lowest BCUT2D eigenvalue weighted by Crippen LogP contribution is -2.46. The van der Waals surface area contributed by atoms with E-state index in [2.05, 4.69) is 23.7 Å². The van der Waals surface area contributed by atoms with Crippen molar-refractivity contribution in [3.05, 3.63) is 29.1 Å². The predicted molar refractivity (Wildman–Crippen MR) is 122 cm³/mol. The third-order valence-electron chi connectivity index (χ3n) is 3.89. The molecule has 0 aliphatic carbocycles. The summed E-state index contributed by atoms with van der Waals surface area (Å²) in [7, 11) is -2.64. The number of nitrogens with one attached hydrogen (secondary N) is 1. The zero-order chi connectivity index (χ0) is 20.4. The smallest absolute Gasteiger partial charge is 0.374 e. The molecule has 2 aromatic rings. The fourth-order valence-corrected chi connectivity index (χ4v) is 7.92. The van der Waals surface area contributed by atoms with E-state index in [0.29, 0.717) is 32.4 Å². The molecule has 0 bridgehead atoms. The second-order valence-corrected chi connectivity index (χ2v) is 11.8. The number of hydrogen-bond donors (Lipinski definition) is 1. The van der Waals surface area contributed by atoms with Gasteiger partial charge in [-0.25, -0.2) is 0 Å². The molecule has 1 amide bonds. The zero-order valence-electron chi connectivity index (χ0n) is 16.9. The highest BCUT2D eigenvalue weighted by atomic mass is 32.2. The molecule has 0 unspecified atom stereocenters. The van der Waals surface area contributed by atoms with Crippen LogP contribution >= 0.6 is 34.4 Å². The third kappa shape index (κ3) is 6.69. The topological polar surface area (TPSA) is 56.8 Å². The molecule has 0 aliphatic rings. The maximum Gasteiger partial charge on any atom is 0.500 e. The highest BCUT2D eigenvalue weighted by molar-refractivity contribution is 8.00. The van der Waals surface area contributed by atoms with Crippen LogP contribution in [0.4, 0.5) is 0 Å². The SMILES string of the molecule is CCO[Si](CCCNC(=O)c1ccc(-c2ccc(SC)s2)s1)(OCC)OCC. The maximum absolute atomic E-state index is 12.5. The van der Waals surface area contributed by atoms with Crippen LogP contribution in [-0.2, 0) is 13.3 Å². The second-order valence-electron chi connectivity index (χ2n) is 5.83. The first kappa shape index (κ1) is 23.6. The predicted octanol–water partition coefficient (Wildman–Crippen LogP) is 5.37. The molecule has 5 nitrogen and oxygen atoms in total. The molecule has 156 valence electrons. The molecule has 0 fully saturated rings. The van der Waals surface area contributed by atoms with E-state index in [9.17, 15) is 4.79 Å². The van der Waals surface area contributed by atoms with Gasteiger partial charge in [0.25, 0.3) is 5.91 Å². The summed E-state index contributed by atoms with van der Waals surface area (Å²) in [6.45, 7) is 8.12. The average molecular weight is 460 g/mol. The van der Waals surface area contributed by atoms with Crippen molar-refractivity contribution in [2.75, 3.05) is 32.6 Å². The van der Waals surface area contributed by atoms with Crippen LogP contribution in [0.3, 0.4) is 0 Å². The molecule has 0 saturated heterocycles. The first-order chi connectivity index (χ1) is 13.6. The van der Waals surface area contributed by atoms with Crippen molar-refractivity contribution in [3.8, 4) is 9.75 Å². The van der Waals surface area contributed by atoms with E-state index in [-0.39, 0.29) is 5.91 Å². The Labute approximate surface area is 181 Å². The minimum absolute atomic E-state index is 0.0330. The van der Waals surface area contributed by atoms with Gasteiger partial charge >= 0.3 is 8.80 Å². The standard InChI is InChI=1S/C19H29NO4S3Si/c1-5-22-28(23-6-2,24-7-3)14-8-13-20-19(21)17-10-9-15(26-17)16-11-12-18(25-4)27-16/h9-12H,5-8,13-14H2,1-4H3,(H,20,21). The fraction of sp³-hybridized carbons (Fsp3) is 0.526. The molecule has 0 atom stereocenters. The van der Waals surface area contributed by atoms with Gasteiger partial charge in [-0.15, -0.1) is 34.4 Å². The minimum atomic E-state index is -2.64. The zero-order valence-corrected chi connectivity index (χ0v) is 20.4. The molecule has 0 saturated carbocycles. The summed E-state index contributed by atoms with van der Waals surface area (Å²) < 4.78 is 18.8. The Kier molecular flexibility index (Phi) is 10.2. The van der Waals surface area contributed by atoms with Crippen LogP contribution in [0.1, 0.15) is 36.9 Å². The van der Waals surface area contributed by atoms with E-state index in [1.807, 2.05) is 32.9 Å². The fourth-order valence-electron chi connectivity index (χ4n) is 2.75. The van der Waals surface area contributed by atoms with Crippen LogP contribution in [0, 0.1) is 0 Å². The molecule has 0 radical (unpaired) electrons. The normalized spacial score (nSPS) is 11.7. The van der Waals surface area contributed by atoms with Gasteiger partial charge in [-0.2, -0.15) is 0 Å². The van der Waals surface area contributed by atoms with E-state index in [4.69, 9.17) is 13.3 Å². The van der Waals surface area contributed by atoms with Gasteiger partial charge in [0, 0.05) is 42.2 Å². The Hall–Kier alpha value is -0.683. The number of hydrogen-bond acceptors (Lipinski definition) is 7. The lowest BCUT2D eigenvalue weighted by molar-refractivity contribution is 0.0705. The molecule has 1 N–H and O–H groups in total. The molecule has 2 heterocycles. The number of thioether (sulfide) groups is 1. The summed E-state index contributed by atoms with van der Waals surface area (Å²) in [5.74, 6) is -0.0330. The van der Waals surface area contributed by atoms with Gasteiger partial charge in [0.15, 0.2) is 0 Å². The first-order valence-corrected chi connectivity index (χ1v) is 14.3. The Morgan fingerprint density at radius 1 is 1.00 bits per heavy atom. The van der Waals surface area contributed by atoms with Crippen molar-refractivity contribution < 1.29 is 18.1 Å². The highest BCUT2D eigenvalue weighted by Crippen LogP contribution is 2.36. The second kappa shape index (κ2) is 12.1. The molecule has 2 aromatic heterocycles. The van der Waals surface area contributed by atoms with Gasteiger partial charge in [-0.05, 0) is 57.7 Å². The molecule has 2 rings (SSSR count).